The van der Waals surface area contributed by atoms with Crippen LogP contribution in [0.4, 0.5) is 0 Å². The number of imidazole rings is 1. The predicted molar refractivity (Wildman–Crippen MR) is 105 cm³/mol. The molecule has 5 rings (SSSR count). The molecule has 0 radical (unpaired) electrons. The molecule has 3 aromatic heterocycles. The molecule has 0 saturated carbocycles. The van der Waals surface area contributed by atoms with E-state index in [1.807, 2.05) is 12.1 Å². The van der Waals surface area contributed by atoms with Crippen molar-refractivity contribution in [3.8, 4) is 6.07 Å². The molecule has 1 unspecified atom stereocenters. The highest BCUT2D eigenvalue weighted by molar-refractivity contribution is 6.02. The maximum atomic E-state index is 9.03. The van der Waals surface area contributed by atoms with Gasteiger partial charge in [0, 0.05) is 18.1 Å². The van der Waals surface area contributed by atoms with E-state index in [9.17, 15) is 0 Å². The van der Waals surface area contributed by atoms with Crippen molar-refractivity contribution in [1.29, 1.82) is 5.26 Å². The van der Waals surface area contributed by atoms with E-state index in [1.165, 1.54) is 25.5 Å². The smallest absolute Gasteiger partial charge is 0.124 e. The first-order valence-corrected chi connectivity index (χ1v) is 9.41. The number of aromatic nitrogens is 4. The largest absolute Gasteiger partial charge is 0.379 e. The summed E-state index contributed by atoms with van der Waals surface area (Å²) in [7, 11) is 0. The number of nitrogens with zero attached hydrogens (tertiary/aromatic N) is 4. The number of hydrogen-bond donors (Lipinski definition) is 1. The quantitative estimate of drug-likeness (QED) is 0.565. The highest BCUT2D eigenvalue weighted by atomic mass is 16.5. The van der Waals surface area contributed by atoms with Crippen LogP contribution >= 0.6 is 0 Å². The lowest BCUT2D eigenvalue weighted by Crippen LogP contribution is -2.14. The molecule has 1 saturated heterocycles. The second-order valence-electron chi connectivity index (χ2n) is 6.89. The summed E-state index contributed by atoms with van der Waals surface area (Å²) in [6.45, 7) is 3.13. The van der Waals surface area contributed by atoms with E-state index in [-0.39, 0.29) is 0 Å². The van der Waals surface area contributed by atoms with Gasteiger partial charge >= 0.3 is 0 Å². The van der Waals surface area contributed by atoms with Gasteiger partial charge in [-0.05, 0) is 44.4 Å². The number of nitrogens with one attached hydrogen (secondary N) is 1. The van der Waals surface area contributed by atoms with Crippen LogP contribution in [0.2, 0.25) is 0 Å². The number of fused-ring (bicyclic) bond motifs is 3. The highest BCUT2D eigenvalue weighted by Gasteiger charge is 2.10. The molecule has 4 aromatic rings. The number of pyridine rings is 1. The number of nitriles is 1. The first-order valence-electron chi connectivity index (χ1n) is 9.41. The molecule has 28 heavy (non-hydrogen) atoms. The standard InChI is InChI=1S/C15H9N5O.C6H12O/c16-7-9-1-2-12-11(5-9)15-13(8-17-12)18-14(19-15)6-10-3-4-21-20-10;1-6-4-2-3-5-7-6/h1-5,8H,6H2,(H,18,19);6H,2-5H2,1H3. The number of H-pyrrole nitrogens is 1. The first kappa shape index (κ1) is 18.1. The van der Waals surface area contributed by atoms with Crippen LogP contribution < -0.4 is 0 Å². The third kappa shape index (κ3) is 4.02. The normalized spacial score (nSPS) is 16.5. The van der Waals surface area contributed by atoms with Crippen molar-refractivity contribution < 1.29 is 9.26 Å². The summed E-state index contributed by atoms with van der Waals surface area (Å²) in [5, 5.41) is 13.8. The molecule has 0 aliphatic carbocycles. The van der Waals surface area contributed by atoms with Gasteiger partial charge in [-0.1, -0.05) is 5.16 Å². The first-order chi connectivity index (χ1) is 13.7. The van der Waals surface area contributed by atoms with Gasteiger partial charge in [0.1, 0.15) is 12.1 Å². The van der Waals surface area contributed by atoms with Crippen molar-refractivity contribution in [3.63, 3.8) is 0 Å². The Labute approximate surface area is 162 Å². The molecule has 0 spiro atoms. The maximum absolute atomic E-state index is 9.03. The fraction of sp³-hybridized carbons (Fsp3) is 0.333. The predicted octanol–water partition coefficient (Wildman–Crippen LogP) is 4.14. The molecule has 1 N–H and O–H groups in total. The molecule has 1 atom stereocenters. The van der Waals surface area contributed by atoms with Crippen molar-refractivity contribution in [2.75, 3.05) is 6.61 Å². The van der Waals surface area contributed by atoms with Gasteiger partial charge in [0.25, 0.3) is 0 Å². The summed E-state index contributed by atoms with van der Waals surface area (Å²) in [6.07, 6.45) is 8.28. The van der Waals surface area contributed by atoms with Crippen LogP contribution in [0.15, 0.2) is 41.2 Å². The monoisotopic (exact) mass is 375 g/mol. The highest BCUT2D eigenvalue weighted by Crippen LogP contribution is 2.23. The van der Waals surface area contributed by atoms with E-state index in [0.717, 1.165) is 40.1 Å². The zero-order valence-corrected chi connectivity index (χ0v) is 15.7. The molecule has 7 heteroatoms. The minimum absolute atomic E-state index is 0.536. The molecule has 0 bridgehead atoms. The Morgan fingerprint density at radius 2 is 2.21 bits per heavy atom. The fourth-order valence-electron chi connectivity index (χ4n) is 3.26. The van der Waals surface area contributed by atoms with E-state index < -0.39 is 0 Å². The van der Waals surface area contributed by atoms with Crippen molar-refractivity contribution in [2.45, 2.75) is 38.7 Å². The van der Waals surface area contributed by atoms with Gasteiger partial charge in [0.2, 0.25) is 0 Å². The molecule has 1 aromatic carbocycles. The van der Waals surface area contributed by atoms with Crippen LogP contribution in [-0.2, 0) is 11.2 Å². The van der Waals surface area contributed by atoms with E-state index in [1.54, 1.807) is 18.3 Å². The van der Waals surface area contributed by atoms with Gasteiger partial charge in [0.05, 0.1) is 52.6 Å². The van der Waals surface area contributed by atoms with Crippen LogP contribution in [0.5, 0.6) is 0 Å². The van der Waals surface area contributed by atoms with Crippen LogP contribution in [-0.4, -0.2) is 32.8 Å². The summed E-state index contributed by atoms with van der Waals surface area (Å²) in [6, 6.07) is 9.34. The lowest BCUT2D eigenvalue weighted by Gasteiger charge is -2.17. The van der Waals surface area contributed by atoms with E-state index >= 15 is 0 Å². The molecule has 0 amide bonds. The Balaban J connectivity index is 0.000000233. The lowest BCUT2D eigenvalue weighted by molar-refractivity contribution is 0.0285. The number of ether oxygens (including phenoxy) is 1. The Hall–Kier alpha value is -3.24. The molecular formula is C21H21N5O2. The minimum atomic E-state index is 0.536. The van der Waals surface area contributed by atoms with Crippen LogP contribution in [0.3, 0.4) is 0 Å². The second kappa shape index (κ2) is 8.19. The fourth-order valence-corrected chi connectivity index (χ4v) is 3.26. The van der Waals surface area contributed by atoms with Crippen molar-refractivity contribution >= 4 is 21.9 Å². The number of hydrogen-bond acceptors (Lipinski definition) is 6. The van der Waals surface area contributed by atoms with Gasteiger partial charge in [0.15, 0.2) is 0 Å². The summed E-state index contributed by atoms with van der Waals surface area (Å²) in [5.41, 5.74) is 3.88. The van der Waals surface area contributed by atoms with Gasteiger partial charge < -0.3 is 14.2 Å². The Morgan fingerprint density at radius 1 is 1.29 bits per heavy atom. The van der Waals surface area contributed by atoms with E-state index in [2.05, 4.69) is 33.1 Å². The van der Waals surface area contributed by atoms with Crippen molar-refractivity contribution in [1.82, 2.24) is 20.1 Å². The van der Waals surface area contributed by atoms with Crippen molar-refractivity contribution in [2.24, 2.45) is 0 Å². The number of benzene rings is 1. The number of rotatable bonds is 2. The van der Waals surface area contributed by atoms with Gasteiger partial charge in [-0.2, -0.15) is 5.26 Å². The molecule has 1 aliphatic rings. The van der Waals surface area contributed by atoms with Crippen LogP contribution in [0.1, 0.15) is 43.3 Å². The molecule has 1 aliphatic heterocycles. The SMILES string of the molecule is CC1CCCCO1.N#Cc1ccc2ncc3[nH]c(Cc4ccon4)nc3c2c1. The van der Waals surface area contributed by atoms with E-state index in [0.29, 0.717) is 18.1 Å². The Kier molecular flexibility index (Phi) is 5.31. The third-order valence-electron chi connectivity index (χ3n) is 4.74. The summed E-state index contributed by atoms with van der Waals surface area (Å²) in [4.78, 5) is 12.2. The van der Waals surface area contributed by atoms with Crippen molar-refractivity contribution in [3.05, 3.63) is 53.8 Å². The van der Waals surface area contributed by atoms with Gasteiger partial charge in [-0.25, -0.2) is 4.98 Å². The third-order valence-corrected chi connectivity index (χ3v) is 4.74. The molecule has 4 heterocycles. The second-order valence-corrected chi connectivity index (χ2v) is 6.89. The topological polar surface area (TPSA) is 101 Å². The Bertz CT molecular complexity index is 1110. The summed E-state index contributed by atoms with van der Waals surface area (Å²) < 4.78 is 10.1. The van der Waals surface area contributed by atoms with Gasteiger partial charge in [-0.15, -0.1) is 0 Å². The maximum Gasteiger partial charge on any atom is 0.124 e. The van der Waals surface area contributed by atoms with Crippen LogP contribution in [0, 0.1) is 11.3 Å². The average molecular weight is 375 g/mol. The van der Waals surface area contributed by atoms with Crippen LogP contribution in [0.25, 0.3) is 21.9 Å². The lowest BCUT2D eigenvalue weighted by atomic mass is 10.1. The van der Waals surface area contributed by atoms with Gasteiger partial charge in [-0.3, -0.25) is 4.98 Å². The molecule has 7 nitrogen and oxygen atoms in total. The average Bonchev–Trinajstić information content (AvgIpc) is 3.38. The zero-order chi connectivity index (χ0) is 19.3. The zero-order valence-electron chi connectivity index (χ0n) is 15.7. The summed E-state index contributed by atoms with van der Waals surface area (Å²) >= 11 is 0. The molecule has 142 valence electrons. The Morgan fingerprint density at radius 3 is 2.89 bits per heavy atom. The minimum Gasteiger partial charge on any atom is -0.379 e. The van der Waals surface area contributed by atoms with E-state index in [4.69, 9.17) is 14.5 Å². The summed E-state index contributed by atoms with van der Waals surface area (Å²) in [5.74, 6) is 0.788. The number of aromatic amines is 1. The molecule has 1 fully saturated rings. The molecular weight excluding hydrogens is 354 g/mol.